The highest BCUT2D eigenvalue weighted by Gasteiger charge is 2.17. The largest absolute Gasteiger partial charge is 0.240 e. The van der Waals surface area contributed by atoms with Crippen LogP contribution < -0.4 is 0 Å². The van der Waals surface area contributed by atoms with Crippen LogP contribution in [0.4, 0.5) is 5.69 Å². The van der Waals surface area contributed by atoms with Gasteiger partial charge in [0.1, 0.15) is 0 Å². The highest BCUT2D eigenvalue weighted by atomic mass is 16.1. The number of carbonyl (C=O) groups excluding carboxylic acids is 1. The van der Waals surface area contributed by atoms with Gasteiger partial charge >= 0.3 is 0 Å². The third-order valence-corrected chi connectivity index (χ3v) is 2.50. The highest BCUT2D eigenvalue weighted by molar-refractivity contribution is 5.78. The number of hydrogen-bond acceptors (Lipinski definition) is 2. The van der Waals surface area contributed by atoms with Crippen molar-refractivity contribution in [2.45, 2.75) is 19.8 Å². The van der Waals surface area contributed by atoms with Crippen molar-refractivity contribution in [2.75, 3.05) is 0 Å². The van der Waals surface area contributed by atoms with Crippen molar-refractivity contribution in [1.82, 2.24) is 0 Å². The van der Waals surface area contributed by atoms with Crippen molar-refractivity contribution < 1.29 is 4.79 Å². The van der Waals surface area contributed by atoms with Gasteiger partial charge in [0.05, 0.1) is 5.69 Å². The standard InChI is InChI=1S/C12H11NO/c1-9(10-6-7-10)11-4-2-3-5-12(11)13-8-14/h2-5H,6-7H2,1H3. The summed E-state index contributed by atoms with van der Waals surface area (Å²) in [5.74, 6) is 0. The van der Waals surface area contributed by atoms with E-state index >= 15 is 0 Å². The zero-order valence-electron chi connectivity index (χ0n) is 8.08. The lowest BCUT2D eigenvalue weighted by atomic mass is 10.0. The first-order valence-electron chi connectivity index (χ1n) is 4.69. The number of benzene rings is 1. The van der Waals surface area contributed by atoms with Gasteiger partial charge in [0, 0.05) is 5.56 Å². The Bertz CT molecular complexity index is 433. The van der Waals surface area contributed by atoms with E-state index in [-0.39, 0.29) is 0 Å². The molecule has 0 atom stereocenters. The van der Waals surface area contributed by atoms with Crippen LogP contribution in [0.25, 0.3) is 5.57 Å². The summed E-state index contributed by atoms with van der Waals surface area (Å²) >= 11 is 0. The minimum atomic E-state index is 0.722. The summed E-state index contributed by atoms with van der Waals surface area (Å²) < 4.78 is 0. The fraction of sp³-hybridized carbons (Fsp3) is 0.250. The predicted octanol–water partition coefficient (Wildman–Crippen LogP) is 3.22. The Morgan fingerprint density at radius 3 is 2.71 bits per heavy atom. The van der Waals surface area contributed by atoms with Crippen LogP contribution in [0.1, 0.15) is 25.3 Å². The van der Waals surface area contributed by atoms with E-state index in [4.69, 9.17) is 0 Å². The Morgan fingerprint density at radius 2 is 2.07 bits per heavy atom. The van der Waals surface area contributed by atoms with Crippen LogP contribution in [-0.4, -0.2) is 6.08 Å². The van der Waals surface area contributed by atoms with Crippen LogP contribution in [0.2, 0.25) is 0 Å². The monoisotopic (exact) mass is 185 g/mol. The van der Waals surface area contributed by atoms with Crippen molar-refractivity contribution in [3.8, 4) is 0 Å². The molecule has 0 amide bonds. The van der Waals surface area contributed by atoms with Crippen molar-refractivity contribution in [2.24, 2.45) is 4.99 Å². The number of nitrogens with zero attached hydrogens (tertiary/aromatic N) is 1. The van der Waals surface area contributed by atoms with E-state index in [1.54, 1.807) is 6.08 Å². The fourth-order valence-corrected chi connectivity index (χ4v) is 1.57. The van der Waals surface area contributed by atoms with Gasteiger partial charge in [0.2, 0.25) is 6.08 Å². The van der Waals surface area contributed by atoms with Gasteiger partial charge in [-0.05, 0) is 31.4 Å². The predicted molar refractivity (Wildman–Crippen MR) is 56.1 cm³/mol. The maximum atomic E-state index is 10.2. The van der Waals surface area contributed by atoms with Crippen LogP contribution in [0.5, 0.6) is 0 Å². The van der Waals surface area contributed by atoms with Crippen LogP contribution >= 0.6 is 0 Å². The first kappa shape index (κ1) is 8.92. The van der Waals surface area contributed by atoms with Crippen molar-refractivity contribution in [3.05, 3.63) is 35.4 Å². The maximum absolute atomic E-state index is 10.2. The fourth-order valence-electron chi connectivity index (χ4n) is 1.57. The molecule has 0 unspecified atom stereocenters. The number of rotatable bonds is 2. The topological polar surface area (TPSA) is 29.4 Å². The van der Waals surface area contributed by atoms with Gasteiger partial charge in [0.15, 0.2) is 0 Å². The molecule has 70 valence electrons. The van der Waals surface area contributed by atoms with Gasteiger partial charge in [-0.1, -0.05) is 23.8 Å². The van der Waals surface area contributed by atoms with Crippen LogP contribution in [-0.2, 0) is 4.79 Å². The van der Waals surface area contributed by atoms with Crippen LogP contribution in [0.3, 0.4) is 0 Å². The van der Waals surface area contributed by atoms with Crippen molar-refractivity contribution in [3.63, 3.8) is 0 Å². The number of aliphatic imine (C=N–C) groups is 1. The SMILES string of the molecule is CC(=C1CC1)c1ccccc1N=C=O. The van der Waals surface area contributed by atoms with E-state index in [0.29, 0.717) is 0 Å². The molecule has 0 heterocycles. The first-order valence-corrected chi connectivity index (χ1v) is 4.69. The average Bonchev–Trinajstić information content (AvgIpc) is 3.01. The minimum Gasteiger partial charge on any atom is -0.211 e. The van der Waals surface area contributed by atoms with Gasteiger partial charge in [-0.15, -0.1) is 0 Å². The minimum absolute atomic E-state index is 0.722. The summed E-state index contributed by atoms with van der Waals surface area (Å²) in [5, 5.41) is 0. The third kappa shape index (κ3) is 1.66. The molecule has 2 heteroatoms. The van der Waals surface area contributed by atoms with Gasteiger partial charge in [-0.3, -0.25) is 0 Å². The Morgan fingerprint density at radius 1 is 1.36 bits per heavy atom. The molecular weight excluding hydrogens is 174 g/mol. The molecular formula is C12H11NO. The molecule has 1 aliphatic rings. The molecule has 1 saturated carbocycles. The Kier molecular flexibility index (Phi) is 2.30. The van der Waals surface area contributed by atoms with E-state index in [0.717, 1.165) is 11.3 Å². The molecule has 0 aromatic heterocycles. The lowest BCUT2D eigenvalue weighted by molar-refractivity contribution is 0.565. The second kappa shape index (κ2) is 3.60. The van der Waals surface area contributed by atoms with Gasteiger partial charge in [0.25, 0.3) is 0 Å². The lowest BCUT2D eigenvalue weighted by Gasteiger charge is -2.03. The van der Waals surface area contributed by atoms with E-state index in [2.05, 4.69) is 11.9 Å². The molecule has 1 aromatic carbocycles. The second-order valence-electron chi connectivity index (χ2n) is 3.45. The molecule has 0 aliphatic heterocycles. The molecule has 1 aromatic rings. The average molecular weight is 185 g/mol. The highest BCUT2D eigenvalue weighted by Crippen LogP contribution is 2.38. The molecule has 0 radical (unpaired) electrons. The summed E-state index contributed by atoms with van der Waals surface area (Å²) in [6.07, 6.45) is 3.96. The summed E-state index contributed by atoms with van der Waals surface area (Å²) in [7, 11) is 0. The summed E-state index contributed by atoms with van der Waals surface area (Å²) in [6.45, 7) is 2.08. The summed E-state index contributed by atoms with van der Waals surface area (Å²) in [4.78, 5) is 13.9. The smallest absolute Gasteiger partial charge is 0.211 e. The molecule has 0 N–H and O–H groups in total. The van der Waals surface area contributed by atoms with Crippen LogP contribution in [0, 0.1) is 0 Å². The number of para-hydroxylation sites is 1. The van der Waals surface area contributed by atoms with Crippen molar-refractivity contribution in [1.29, 1.82) is 0 Å². The lowest BCUT2D eigenvalue weighted by Crippen LogP contribution is -1.80. The first-order chi connectivity index (χ1) is 6.83. The molecule has 0 spiro atoms. The van der Waals surface area contributed by atoms with Gasteiger partial charge in [-0.2, -0.15) is 4.99 Å². The second-order valence-corrected chi connectivity index (χ2v) is 3.45. The summed E-state index contributed by atoms with van der Waals surface area (Å²) in [6, 6.07) is 7.68. The Balaban J connectivity index is 2.51. The molecule has 2 nitrogen and oxygen atoms in total. The number of hydrogen-bond donors (Lipinski definition) is 0. The van der Waals surface area contributed by atoms with E-state index in [9.17, 15) is 4.79 Å². The Labute approximate surface area is 83.0 Å². The zero-order valence-corrected chi connectivity index (χ0v) is 8.08. The van der Waals surface area contributed by atoms with Crippen molar-refractivity contribution >= 4 is 17.3 Å². The van der Waals surface area contributed by atoms with E-state index < -0.39 is 0 Å². The Hall–Kier alpha value is -1.66. The van der Waals surface area contributed by atoms with E-state index in [1.165, 1.54) is 24.0 Å². The molecule has 2 rings (SSSR count). The summed E-state index contributed by atoms with van der Waals surface area (Å²) in [5.41, 5.74) is 4.51. The normalized spacial score (nSPS) is 13.4. The number of isocyanates is 1. The van der Waals surface area contributed by atoms with Gasteiger partial charge in [-0.25, -0.2) is 4.79 Å². The zero-order chi connectivity index (χ0) is 9.97. The van der Waals surface area contributed by atoms with Crippen LogP contribution in [0.15, 0.2) is 34.8 Å². The molecule has 1 aliphatic carbocycles. The quantitative estimate of drug-likeness (QED) is 0.513. The number of allylic oxidation sites excluding steroid dienone is 2. The molecule has 0 bridgehead atoms. The maximum Gasteiger partial charge on any atom is 0.240 e. The third-order valence-electron chi connectivity index (χ3n) is 2.50. The van der Waals surface area contributed by atoms with Gasteiger partial charge < -0.3 is 0 Å². The van der Waals surface area contributed by atoms with E-state index in [1.807, 2.05) is 24.3 Å². The molecule has 0 saturated heterocycles. The molecule has 1 fully saturated rings. The molecule has 14 heavy (non-hydrogen) atoms.